The highest BCUT2D eigenvalue weighted by atomic mass is 32.2. The van der Waals surface area contributed by atoms with Crippen molar-refractivity contribution in [2.75, 3.05) is 37.8 Å². The maximum atomic E-state index is 12.4. The minimum Gasteiger partial charge on any atom is -0.363 e. The third-order valence-electron chi connectivity index (χ3n) is 3.13. The van der Waals surface area contributed by atoms with Crippen LogP contribution in [0.15, 0.2) is 41.6 Å². The van der Waals surface area contributed by atoms with Gasteiger partial charge in [0.25, 0.3) is 15.9 Å². The highest BCUT2D eigenvalue weighted by Crippen LogP contribution is 2.18. The molecule has 2 aromatic heterocycles. The topological polar surface area (TPSA) is 95.5 Å². The number of nitrogens with zero attached hydrogens (tertiary/aromatic N) is 4. The number of carbonyl (C=O) groups is 1. The number of hydrogen-bond acceptors (Lipinski definition) is 6. The van der Waals surface area contributed by atoms with Crippen molar-refractivity contribution in [2.24, 2.45) is 0 Å². The van der Waals surface area contributed by atoms with Gasteiger partial charge in [-0.3, -0.25) is 14.5 Å². The quantitative estimate of drug-likeness (QED) is 0.867. The van der Waals surface area contributed by atoms with Crippen molar-refractivity contribution >= 4 is 27.4 Å². The zero-order valence-corrected chi connectivity index (χ0v) is 14.7. The molecule has 24 heavy (non-hydrogen) atoms. The van der Waals surface area contributed by atoms with Gasteiger partial charge in [0.15, 0.2) is 0 Å². The van der Waals surface area contributed by atoms with Crippen LogP contribution in [0, 0.1) is 0 Å². The summed E-state index contributed by atoms with van der Waals surface area (Å²) in [5.74, 6) is 0.338. The van der Waals surface area contributed by atoms with Crippen LogP contribution in [0.25, 0.3) is 0 Å². The second-order valence-corrected chi connectivity index (χ2v) is 7.16. The summed E-state index contributed by atoms with van der Waals surface area (Å²) in [6.07, 6.45) is 2.66. The molecular weight excluding hydrogens is 330 g/mol. The molecule has 0 aliphatic carbocycles. The van der Waals surface area contributed by atoms with Crippen LogP contribution in [-0.4, -0.2) is 57.4 Å². The minimum atomic E-state index is -3.80. The molecule has 0 aliphatic rings. The van der Waals surface area contributed by atoms with E-state index in [4.69, 9.17) is 0 Å². The lowest BCUT2D eigenvalue weighted by Crippen LogP contribution is -2.23. The number of rotatable bonds is 5. The fourth-order valence-electron chi connectivity index (χ4n) is 1.85. The maximum Gasteiger partial charge on any atom is 0.272 e. The Bertz CT molecular complexity index is 832. The first-order chi connectivity index (χ1) is 11.2. The van der Waals surface area contributed by atoms with E-state index in [2.05, 4.69) is 14.7 Å². The Kier molecular flexibility index (Phi) is 5.03. The van der Waals surface area contributed by atoms with E-state index >= 15 is 0 Å². The van der Waals surface area contributed by atoms with Crippen molar-refractivity contribution in [3.63, 3.8) is 0 Å². The molecule has 128 valence electrons. The van der Waals surface area contributed by atoms with Crippen LogP contribution in [0.5, 0.6) is 0 Å². The molecule has 0 saturated heterocycles. The first-order valence-corrected chi connectivity index (χ1v) is 8.53. The van der Waals surface area contributed by atoms with Crippen LogP contribution in [0.4, 0.5) is 11.5 Å². The third kappa shape index (κ3) is 3.99. The van der Waals surface area contributed by atoms with Gasteiger partial charge in [0.2, 0.25) is 0 Å². The molecular formula is C15H19N5O3S. The third-order valence-corrected chi connectivity index (χ3v) is 4.49. The minimum absolute atomic E-state index is 0.0328. The molecule has 0 radical (unpaired) electrons. The summed E-state index contributed by atoms with van der Waals surface area (Å²) in [5.41, 5.74) is 0.410. The molecule has 1 amide bonds. The summed E-state index contributed by atoms with van der Waals surface area (Å²) in [6.45, 7) is 0. The van der Waals surface area contributed by atoms with Gasteiger partial charge < -0.3 is 9.80 Å². The molecule has 1 N–H and O–H groups in total. The van der Waals surface area contributed by atoms with Crippen LogP contribution in [-0.2, 0) is 10.0 Å². The fourth-order valence-corrected chi connectivity index (χ4v) is 2.84. The van der Waals surface area contributed by atoms with Crippen molar-refractivity contribution < 1.29 is 13.2 Å². The number of amides is 1. The van der Waals surface area contributed by atoms with Crippen LogP contribution >= 0.6 is 0 Å². The standard InChI is InChI=1S/C15H19N5O3S/c1-19(2)14-6-5-12(10-17-14)24(22,23)18-11-7-8-16-13(9-11)15(21)20(3)4/h5-10H,1-4H3,(H,16,18). The Hall–Kier alpha value is -2.68. The van der Waals surface area contributed by atoms with E-state index in [0.29, 0.717) is 5.82 Å². The van der Waals surface area contributed by atoms with Gasteiger partial charge in [-0.05, 0) is 24.3 Å². The van der Waals surface area contributed by atoms with Gasteiger partial charge in [0.05, 0.1) is 5.69 Å². The lowest BCUT2D eigenvalue weighted by molar-refractivity contribution is 0.0822. The predicted octanol–water partition coefficient (Wildman–Crippen LogP) is 1.05. The smallest absolute Gasteiger partial charge is 0.272 e. The van der Waals surface area contributed by atoms with Gasteiger partial charge in [-0.2, -0.15) is 0 Å². The van der Waals surface area contributed by atoms with E-state index in [-0.39, 0.29) is 22.2 Å². The molecule has 2 aromatic rings. The normalized spacial score (nSPS) is 11.0. The van der Waals surface area contributed by atoms with Crippen LogP contribution in [0.3, 0.4) is 0 Å². The first kappa shape index (κ1) is 17.7. The van der Waals surface area contributed by atoms with Gasteiger partial charge in [0.1, 0.15) is 16.4 Å². The molecule has 0 saturated carbocycles. The first-order valence-electron chi connectivity index (χ1n) is 7.04. The molecule has 8 nitrogen and oxygen atoms in total. The molecule has 0 aliphatic heterocycles. The molecule has 0 unspecified atom stereocenters. The Morgan fingerprint density at radius 2 is 1.79 bits per heavy atom. The van der Waals surface area contributed by atoms with Gasteiger partial charge in [-0.25, -0.2) is 13.4 Å². The molecule has 0 aromatic carbocycles. The fraction of sp³-hybridized carbons (Fsp3) is 0.267. The zero-order valence-electron chi connectivity index (χ0n) is 13.9. The molecule has 0 fully saturated rings. The van der Waals surface area contributed by atoms with Crippen molar-refractivity contribution in [2.45, 2.75) is 4.90 Å². The largest absolute Gasteiger partial charge is 0.363 e. The average Bonchev–Trinajstić information content (AvgIpc) is 2.54. The molecule has 0 atom stereocenters. The Balaban J connectivity index is 2.26. The van der Waals surface area contributed by atoms with Crippen LogP contribution in [0.1, 0.15) is 10.5 Å². The number of hydrogen-bond donors (Lipinski definition) is 1. The Labute approximate surface area is 141 Å². The predicted molar refractivity (Wildman–Crippen MR) is 91.6 cm³/mol. The lowest BCUT2D eigenvalue weighted by atomic mass is 10.3. The van der Waals surface area contributed by atoms with Gasteiger partial charge >= 0.3 is 0 Å². The SMILES string of the molecule is CN(C)C(=O)c1cc(NS(=O)(=O)c2ccc(N(C)C)nc2)ccn1. The molecule has 0 bridgehead atoms. The number of nitrogens with one attached hydrogen (secondary N) is 1. The highest BCUT2D eigenvalue weighted by molar-refractivity contribution is 7.92. The summed E-state index contributed by atoms with van der Waals surface area (Å²) in [6, 6.07) is 5.95. The summed E-state index contributed by atoms with van der Waals surface area (Å²) < 4.78 is 27.3. The van der Waals surface area contributed by atoms with Crippen LogP contribution in [0.2, 0.25) is 0 Å². The zero-order chi connectivity index (χ0) is 17.9. The van der Waals surface area contributed by atoms with Gasteiger partial charge in [0, 0.05) is 40.6 Å². The van der Waals surface area contributed by atoms with Crippen LogP contribution < -0.4 is 9.62 Å². The van der Waals surface area contributed by atoms with Crippen molar-refractivity contribution in [1.82, 2.24) is 14.9 Å². The average molecular weight is 349 g/mol. The molecule has 2 heterocycles. The molecule has 0 spiro atoms. The van der Waals surface area contributed by atoms with Crippen molar-refractivity contribution in [3.05, 3.63) is 42.4 Å². The second-order valence-electron chi connectivity index (χ2n) is 5.48. The lowest BCUT2D eigenvalue weighted by Gasteiger charge is -2.13. The maximum absolute atomic E-state index is 12.4. The van der Waals surface area contributed by atoms with E-state index in [1.165, 1.54) is 35.5 Å². The second kappa shape index (κ2) is 6.83. The van der Waals surface area contributed by atoms with E-state index in [1.54, 1.807) is 25.1 Å². The van der Waals surface area contributed by atoms with E-state index in [9.17, 15) is 13.2 Å². The molecule has 9 heteroatoms. The van der Waals surface area contributed by atoms with E-state index in [0.717, 1.165) is 0 Å². The van der Waals surface area contributed by atoms with E-state index in [1.807, 2.05) is 14.1 Å². The number of sulfonamides is 1. The number of carbonyl (C=O) groups excluding carboxylic acids is 1. The van der Waals surface area contributed by atoms with Gasteiger partial charge in [-0.1, -0.05) is 0 Å². The summed E-state index contributed by atoms with van der Waals surface area (Å²) in [4.78, 5) is 23.1. The highest BCUT2D eigenvalue weighted by Gasteiger charge is 2.17. The van der Waals surface area contributed by atoms with Gasteiger partial charge in [-0.15, -0.1) is 0 Å². The van der Waals surface area contributed by atoms with Crippen molar-refractivity contribution in [3.8, 4) is 0 Å². The monoisotopic (exact) mass is 349 g/mol. The molecule has 2 rings (SSSR count). The number of anilines is 2. The number of aromatic nitrogens is 2. The summed E-state index contributed by atoms with van der Waals surface area (Å²) in [5, 5.41) is 0. The summed E-state index contributed by atoms with van der Waals surface area (Å²) >= 11 is 0. The van der Waals surface area contributed by atoms with E-state index < -0.39 is 10.0 Å². The number of pyridine rings is 2. The Morgan fingerprint density at radius 3 is 2.33 bits per heavy atom. The Morgan fingerprint density at radius 1 is 1.08 bits per heavy atom. The summed E-state index contributed by atoms with van der Waals surface area (Å²) in [7, 11) is 3.02. The van der Waals surface area contributed by atoms with Crippen molar-refractivity contribution in [1.29, 1.82) is 0 Å².